The van der Waals surface area contributed by atoms with Gasteiger partial charge in [0.1, 0.15) is 5.82 Å². The molecule has 3 heteroatoms. The van der Waals surface area contributed by atoms with E-state index in [9.17, 15) is 0 Å². The van der Waals surface area contributed by atoms with Crippen molar-refractivity contribution in [3.05, 3.63) is 23.9 Å². The van der Waals surface area contributed by atoms with Gasteiger partial charge in [0, 0.05) is 25.8 Å². The van der Waals surface area contributed by atoms with Gasteiger partial charge in [0.15, 0.2) is 0 Å². The van der Waals surface area contributed by atoms with Crippen LogP contribution in [-0.2, 0) is 6.54 Å². The van der Waals surface area contributed by atoms with Gasteiger partial charge < -0.3 is 10.2 Å². The highest BCUT2D eigenvalue weighted by atomic mass is 15.2. The molecule has 0 unspecified atom stereocenters. The van der Waals surface area contributed by atoms with E-state index in [1.54, 1.807) is 0 Å². The maximum atomic E-state index is 4.56. The van der Waals surface area contributed by atoms with E-state index in [2.05, 4.69) is 27.3 Å². The Hall–Kier alpha value is -1.09. The topological polar surface area (TPSA) is 28.2 Å². The minimum absolute atomic E-state index is 0.694. The Labute approximate surface area is 116 Å². The zero-order valence-electron chi connectivity index (χ0n) is 12.0. The lowest BCUT2D eigenvalue weighted by atomic mass is 9.77. The summed E-state index contributed by atoms with van der Waals surface area (Å²) in [6, 6.07) is 4.34. The Balaban J connectivity index is 1.66. The summed E-state index contributed by atoms with van der Waals surface area (Å²) >= 11 is 0. The summed E-state index contributed by atoms with van der Waals surface area (Å²) in [5.74, 6) is 1.17. The predicted molar refractivity (Wildman–Crippen MR) is 79.3 cm³/mol. The molecule has 0 aromatic carbocycles. The number of pyridine rings is 1. The SMILES string of the molecule is CNCc1ccnc(N2CCC3(CCCC3)CC2)c1. The molecule has 0 atom stereocenters. The molecule has 2 aliphatic rings. The van der Waals surface area contributed by atoms with Gasteiger partial charge in [0.05, 0.1) is 0 Å². The number of aromatic nitrogens is 1. The second-order valence-electron chi connectivity index (χ2n) is 6.25. The van der Waals surface area contributed by atoms with E-state index < -0.39 is 0 Å². The van der Waals surface area contributed by atoms with Gasteiger partial charge in [0.2, 0.25) is 0 Å². The van der Waals surface area contributed by atoms with E-state index in [1.165, 1.54) is 63.0 Å². The second-order valence-corrected chi connectivity index (χ2v) is 6.25. The van der Waals surface area contributed by atoms with Gasteiger partial charge in [-0.3, -0.25) is 0 Å². The van der Waals surface area contributed by atoms with E-state index in [-0.39, 0.29) is 0 Å². The minimum atomic E-state index is 0.694. The number of hydrogen-bond acceptors (Lipinski definition) is 3. The highest BCUT2D eigenvalue weighted by Crippen LogP contribution is 2.46. The van der Waals surface area contributed by atoms with Crippen molar-refractivity contribution in [1.82, 2.24) is 10.3 Å². The maximum Gasteiger partial charge on any atom is 0.128 e. The summed E-state index contributed by atoms with van der Waals surface area (Å²) in [5.41, 5.74) is 2.02. The van der Waals surface area contributed by atoms with E-state index in [0.29, 0.717) is 5.41 Å². The Morgan fingerprint density at radius 2 is 1.95 bits per heavy atom. The molecule has 1 aliphatic carbocycles. The van der Waals surface area contributed by atoms with Gasteiger partial charge in [0.25, 0.3) is 0 Å². The van der Waals surface area contributed by atoms with Gasteiger partial charge in [-0.1, -0.05) is 12.8 Å². The van der Waals surface area contributed by atoms with Crippen LogP contribution in [0.3, 0.4) is 0 Å². The third-order valence-corrected chi connectivity index (χ3v) is 5.00. The van der Waals surface area contributed by atoms with Crippen molar-refractivity contribution in [2.75, 3.05) is 25.0 Å². The van der Waals surface area contributed by atoms with Crippen molar-refractivity contribution >= 4 is 5.82 Å². The lowest BCUT2D eigenvalue weighted by Gasteiger charge is -2.40. The normalized spacial score (nSPS) is 22.1. The molecule has 1 N–H and O–H groups in total. The van der Waals surface area contributed by atoms with Crippen LogP contribution in [0.2, 0.25) is 0 Å². The molecule has 0 amide bonds. The first-order valence-electron chi connectivity index (χ1n) is 7.66. The monoisotopic (exact) mass is 259 g/mol. The van der Waals surface area contributed by atoms with Gasteiger partial charge in [-0.05, 0) is 55.8 Å². The summed E-state index contributed by atoms with van der Waals surface area (Å²) in [6.07, 6.45) is 10.5. The number of rotatable bonds is 3. The second kappa shape index (κ2) is 5.49. The number of nitrogens with one attached hydrogen (secondary N) is 1. The van der Waals surface area contributed by atoms with Crippen LogP contribution in [0.25, 0.3) is 0 Å². The number of hydrogen-bond donors (Lipinski definition) is 1. The molecule has 1 aliphatic heterocycles. The van der Waals surface area contributed by atoms with Crippen LogP contribution in [0.4, 0.5) is 5.82 Å². The molecule has 3 nitrogen and oxygen atoms in total. The van der Waals surface area contributed by atoms with E-state index in [4.69, 9.17) is 0 Å². The molecule has 0 radical (unpaired) electrons. The zero-order chi connectivity index (χ0) is 13.1. The van der Waals surface area contributed by atoms with Crippen LogP contribution in [0.15, 0.2) is 18.3 Å². The van der Waals surface area contributed by atoms with Crippen LogP contribution >= 0.6 is 0 Å². The maximum absolute atomic E-state index is 4.56. The van der Waals surface area contributed by atoms with Crippen LogP contribution in [0, 0.1) is 5.41 Å². The van der Waals surface area contributed by atoms with Crippen molar-refractivity contribution in [2.24, 2.45) is 5.41 Å². The lowest BCUT2D eigenvalue weighted by Crippen LogP contribution is -2.39. The quantitative estimate of drug-likeness (QED) is 0.904. The molecule has 3 rings (SSSR count). The van der Waals surface area contributed by atoms with Crippen molar-refractivity contribution in [2.45, 2.75) is 45.1 Å². The Morgan fingerprint density at radius 1 is 1.21 bits per heavy atom. The average molecular weight is 259 g/mol. The molecule has 1 saturated heterocycles. The summed E-state index contributed by atoms with van der Waals surface area (Å²) in [4.78, 5) is 7.03. The van der Waals surface area contributed by atoms with Gasteiger partial charge in [-0.2, -0.15) is 0 Å². The number of piperidine rings is 1. The Bertz CT molecular complexity index is 414. The first-order valence-corrected chi connectivity index (χ1v) is 7.66. The molecular formula is C16H25N3. The first kappa shape index (κ1) is 12.9. The van der Waals surface area contributed by atoms with Crippen LogP contribution in [0.5, 0.6) is 0 Å². The van der Waals surface area contributed by atoms with Gasteiger partial charge in [-0.15, -0.1) is 0 Å². The zero-order valence-corrected chi connectivity index (χ0v) is 12.0. The molecule has 1 spiro atoms. The fourth-order valence-electron chi connectivity index (χ4n) is 3.78. The molecule has 1 aromatic heterocycles. The largest absolute Gasteiger partial charge is 0.357 e. The van der Waals surface area contributed by atoms with Crippen LogP contribution < -0.4 is 10.2 Å². The van der Waals surface area contributed by atoms with Gasteiger partial charge >= 0.3 is 0 Å². The molecule has 1 aromatic rings. The third kappa shape index (κ3) is 2.76. The molecule has 1 saturated carbocycles. The summed E-state index contributed by atoms with van der Waals surface area (Å²) < 4.78 is 0. The summed E-state index contributed by atoms with van der Waals surface area (Å²) in [5, 5.41) is 3.21. The number of anilines is 1. The van der Waals surface area contributed by atoms with E-state index >= 15 is 0 Å². The molecule has 0 bridgehead atoms. The standard InChI is InChI=1S/C16H25N3/c1-17-13-14-4-9-18-15(12-14)19-10-7-16(8-11-19)5-2-3-6-16/h4,9,12,17H,2-3,5-8,10-11,13H2,1H3. The molecule has 19 heavy (non-hydrogen) atoms. The summed E-state index contributed by atoms with van der Waals surface area (Å²) in [7, 11) is 1.99. The first-order chi connectivity index (χ1) is 9.31. The van der Waals surface area contributed by atoms with Crippen LogP contribution in [-0.4, -0.2) is 25.1 Å². The fraction of sp³-hybridized carbons (Fsp3) is 0.688. The van der Waals surface area contributed by atoms with Crippen molar-refractivity contribution in [1.29, 1.82) is 0 Å². The molecule has 2 heterocycles. The third-order valence-electron chi connectivity index (χ3n) is 5.00. The van der Waals surface area contributed by atoms with Crippen molar-refractivity contribution in [3.8, 4) is 0 Å². The predicted octanol–water partition coefficient (Wildman–Crippen LogP) is 2.96. The smallest absolute Gasteiger partial charge is 0.128 e. The highest BCUT2D eigenvalue weighted by molar-refractivity contribution is 5.41. The summed E-state index contributed by atoms with van der Waals surface area (Å²) in [6.45, 7) is 3.30. The van der Waals surface area contributed by atoms with Gasteiger partial charge in [-0.25, -0.2) is 4.98 Å². The average Bonchev–Trinajstić information content (AvgIpc) is 2.89. The molecule has 104 valence electrons. The van der Waals surface area contributed by atoms with Crippen molar-refractivity contribution in [3.63, 3.8) is 0 Å². The highest BCUT2D eigenvalue weighted by Gasteiger charge is 2.37. The Morgan fingerprint density at radius 3 is 2.63 bits per heavy atom. The van der Waals surface area contributed by atoms with Crippen LogP contribution in [0.1, 0.15) is 44.1 Å². The molecule has 2 fully saturated rings. The lowest BCUT2D eigenvalue weighted by molar-refractivity contribution is 0.226. The minimum Gasteiger partial charge on any atom is -0.357 e. The fourth-order valence-corrected chi connectivity index (χ4v) is 3.78. The molecular weight excluding hydrogens is 234 g/mol. The number of nitrogens with zero attached hydrogens (tertiary/aromatic N) is 2. The van der Waals surface area contributed by atoms with Crippen molar-refractivity contribution < 1.29 is 0 Å². The van der Waals surface area contributed by atoms with E-state index in [1.807, 2.05) is 13.2 Å². The van der Waals surface area contributed by atoms with E-state index in [0.717, 1.165) is 6.54 Å². The Kier molecular flexibility index (Phi) is 3.74.